The fraction of sp³-hybridized carbons (Fsp3) is 0.286. The number of aliphatic hydroxyl groups is 2. The highest BCUT2D eigenvalue weighted by Gasteiger charge is 2.20. The van der Waals surface area contributed by atoms with Crippen LogP contribution in [-0.2, 0) is 9.59 Å². The van der Waals surface area contributed by atoms with E-state index in [0.717, 1.165) is 51.4 Å². The van der Waals surface area contributed by atoms with E-state index >= 15 is 0 Å². The van der Waals surface area contributed by atoms with Crippen molar-refractivity contribution in [2.45, 2.75) is 61.2 Å². The van der Waals surface area contributed by atoms with Crippen molar-refractivity contribution in [3.8, 4) is 22.3 Å². The molecule has 0 atom stereocenters. The number of unbranched alkanes of at least 4 members (excludes halogenated alkanes) is 6. The molecular formula is C42H42Cl6N2O4S. The molecule has 4 rings (SSSR count). The molecule has 0 unspecified atom stereocenters. The van der Waals surface area contributed by atoms with Crippen molar-refractivity contribution in [3.05, 3.63) is 114 Å². The maximum atomic E-state index is 12.7. The molecule has 0 heterocycles. The van der Waals surface area contributed by atoms with Gasteiger partial charge < -0.3 is 20.8 Å². The standard InChI is InChI=1S/C42H42Cl6N2O4S/c43-29-13-15-31(33(45)25-29)39-27(11-19-37(53)49-21-5-1-3-7-23-51)9-17-35(41(39)47)55-36-18-10-28(12-20-38(54)50-22-6-2-4-8-24-52)40(42(36)48)32-16-14-30(44)26-34(32)46/h9-20,25-26,51-52H,1-8,21-24H2,(H,49,53)(H,50,54)/b19-11+,20-12+. The number of halogens is 6. The van der Waals surface area contributed by atoms with Crippen molar-refractivity contribution in [3.63, 3.8) is 0 Å². The van der Waals surface area contributed by atoms with E-state index in [1.54, 1.807) is 48.6 Å². The van der Waals surface area contributed by atoms with Gasteiger partial charge in [-0.1, -0.05) is 131 Å². The molecule has 0 aliphatic heterocycles. The number of aliphatic hydroxyl groups excluding tert-OH is 2. The first-order valence-electron chi connectivity index (χ1n) is 17.9. The largest absolute Gasteiger partial charge is 0.396 e. The van der Waals surface area contributed by atoms with Gasteiger partial charge in [0, 0.05) is 90.6 Å². The maximum Gasteiger partial charge on any atom is 0.243 e. The molecule has 0 bridgehead atoms. The highest BCUT2D eigenvalue weighted by Crippen LogP contribution is 2.48. The van der Waals surface area contributed by atoms with E-state index < -0.39 is 0 Å². The van der Waals surface area contributed by atoms with E-state index in [4.69, 9.17) is 79.8 Å². The second kappa shape index (κ2) is 23.5. The Morgan fingerprint density at radius 3 is 1.33 bits per heavy atom. The van der Waals surface area contributed by atoms with Crippen LogP contribution in [0.3, 0.4) is 0 Å². The smallest absolute Gasteiger partial charge is 0.243 e. The first-order valence-corrected chi connectivity index (χ1v) is 21.0. The van der Waals surface area contributed by atoms with Crippen LogP contribution in [0.5, 0.6) is 0 Å². The van der Waals surface area contributed by atoms with Crippen molar-refractivity contribution in [1.82, 2.24) is 10.6 Å². The summed E-state index contributed by atoms with van der Waals surface area (Å²) in [4.78, 5) is 26.7. The van der Waals surface area contributed by atoms with Gasteiger partial charge in [0.25, 0.3) is 0 Å². The SMILES string of the molecule is O=C(/C=C/c1ccc(Sc2ccc(/C=C/C(=O)NCCCCCCO)c(-c3ccc(Cl)cc3Cl)c2Cl)c(Cl)c1-c1ccc(Cl)cc1Cl)NCCCCCCO. The zero-order valence-corrected chi connectivity index (χ0v) is 35.3. The molecule has 0 spiro atoms. The number of hydrogen-bond donors (Lipinski definition) is 4. The molecular weight excluding hydrogens is 841 g/mol. The lowest BCUT2D eigenvalue weighted by molar-refractivity contribution is -0.117. The minimum absolute atomic E-state index is 0.168. The van der Waals surface area contributed by atoms with Gasteiger partial charge in [-0.2, -0.15) is 0 Å². The van der Waals surface area contributed by atoms with E-state index in [1.807, 2.05) is 24.3 Å². The minimum Gasteiger partial charge on any atom is -0.396 e. The summed E-state index contributed by atoms with van der Waals surface area (Å²) >= 11 is 41.7. The topological polar surface area (TPSA) is 98.7 Å². The van der Waals surface area contributed by atoms with Crippen molar-refractivity contribution in [1.29, 1.82) is 0 Å². The Labute approximate surface area is 357 Å². The zero-order valence-electron chi connectivity index (χ0n) is 30.0. The summed E-state index contributed by atoms with van der Waals surface area (Å²) in [6.07, 6.45) is 13.1. The number of amides is 2. The van der Waals surface area contributed by atoms with Gasteiger partial charge in [0.15, 0.2) is 0 Å². The van der Waals surface area contributed by atoms with Crippen molar-refractivity contribution < 1.29 is 19.8 Å². The van der Waals surface area contributed by atoms with Crippen LogP contribution in [0.4, 0.5) is 0 Å². The predicted octanol–water partition coefficient (Wildman–Crippen LogP) is 12.5. The highest BCUT2D eigenvalue weighted by molar-refractivity contribution is 7.99. The molecule has 0 aromatic heterocycles. The summed E-state index contributed by atoms with van der Waals surface area (Å²) in [6.45, 7) is 1.39. The molecule has 4 aromatic rings. The Morgan fingerprint density at radius 1 is 0.545 bits per heavy atom. The second-order valence-electron chi connectivity index (χ2n) is 12.6. The number of benzene rings is 4. The normalized spacial score (nSPS) is 11.5. The van der Waals surface area contributed by atoms with Gasteiger partial charge in [-0.05, 0) is 85.4 Å². The summed E-state index contributed by atoms with van der Waals surface area (Å²) in [5.74, 6) is -0.489. The van der Waals surface area contributed by atoms with Crippen LogP contribution >= 0.6 is 81.4 Å². The third-order valence-corrected chi connectivity index (χ3v) is 11.7. The van der Waals surface area contributed by atoms with Gasteiger partial charge >= 0.3 is 0 Å². The number of carbonyl (C=O) groups is 2. The van der Waals surface area contributed by atoms with Gasteiger partial charge in [-0.15, -0.1) is 0 Å². The number of nitrogens with one attached hydrogen (secondary N) is 2. The molecule has 0 aliphatic rings. The third-order valence-electron chi connectivity index (χ3n) is 8.50. The van der Waals surface area contributed by atoms with E-state index in [-0.39, 0.29) is 25.0 Å². The molecule has 0 fully saturated rings. The molecule has 2 amide bonds. The molecule has 6 nitrogen and oxygen atoms in total. The molecule has 4 aromatic carbocycles. The van der Waals surface area contributed by atoms with Crippen molar-refractivity contribution in [2.24, 2.45) is 0 Å². The van der Waals surface area contributed by atoms with Crippen LogP contribution in [0, 0.1) is 0 Å². The zero-order chi connectivity index (χ0) is 39.7. The van der Waals surface area contributed by atoms with Gasteiger partial charge in [-0.25, -0.2) is 0 Å². The second-order valence-corrected chi connectivity index (χ2v) is 16.1. The van der Waals surface area contributed by atoms with Gasteiger partial charge in [0.1, 0.15) is 0 Å². The minimum atomic E-state index is -0.245. The summed E-state index contributed by atoms with van der Waals surface area (Å²) in [5.41, 5.74) is 3.81. The maximum absolute atomic E-state index is 12.7. The van der Waals surface area contributed by atoms with Gasteiger partial charge in [-0.3, -0.25) is 9.59 Å². The van der Waals surface area contributed by atoms with Crippen LogP contribution in [0.2, 0.25) is 30.1 Å². The Balaban J connectivity index is 1.67. The average Bonchev–Trinajstić information content (AvgIpc) is 3.15. The van der Waals surface area contributed by atoms with Gasteiger partial charge in [0.05, 0.1) is 10.0 Å². The molecule has 0 radical (unpaired) electrons. The number of carbonyl (C=O) groups excluding carboxylic acids is 2. The monoisotopic (exact) mass is 880 g/mol. The predicted molar refractivity (Wildman–Crippen MR) is 233 cm³/mol. The van der Waals surface area contributed by atoms with Crippen LogP contribution in [0.25, 0.3) is 34.4 Å². The fourth-order valence-corrected chi connectivity index (χ4v) is 8.36. The highest BCUT2D eigenvalue weighted by atomic mass is 35.5. The number of hydrogen-bond acceptors (Lipinski definition) is 5. The lowest BCUT2D eigenvalue weighted by atomic mass is 9.98. The van der Waals surface area contributed by atoms with E-state index in [0.29, 0.717) is 86.4 Å². The Kier molecular flexibility index (Phi) is 19.3. The summed E-state index contributed by atoms with van der Waals surface area (Å²) in [7, 11) is 0. The lowest BCUT2D eigenvalue weighted by Crippen LogP contribution is -2.22. The van der Waals surface area contributed by atoms with Crippen LogP contribution in [0.15, 0.2) is 82.6 Å². The van der Waals surface area contributed by atoms with Crippen LogP contribution in [0.1, 0.15) is 62.5 Å². The summed E-state index contributed by atoms with van der Waals surface area (Å²) < 4.78 is 0. The Bertz CT molecular complexity index is 1860. The molecule has 0 aliphatic carbocycles. The van der Waals surface area contributed by atoms with Crippen LogP contribution in [-0.4, -0.2) is 48.3 Å². The van der Waals surface area contributed by atoms with Crippen molar-refractivity contribution >= 4 is 105 Å². The molecule has 4 N–H and O–H groups in total. The van der Waals surface area contributed by atoms with E-state index in [2.05, 4.69) is 10.6 Å². The summed E-state index contributed by atoms with van der Waals surface area (Å²) in [6, 6.07) is 17.7. The Morgan fingerprint density at radius 2 is 0.945 bits per heavy atom. The van der Waals surface area contributed by atoms with E-state index in [1.165, 1.54) is 23.9 Å². The first kappa shape index (κ1) is 45.0. The quantitative estimate of drug-likeness (QED) is 0.0523. The average molecular weight is 884 g/mol. The fourth-order valence-electron chi connectivity index (χ4n) is 5.68. The van der Waals surface area contributed by atoms with E-state index in [9.17, 15) is 9.59 Å². The molecule has 55 heavy (non-hydrogen) atoms. The molecule has 0 saturated carbocycles. The van der Waals surface area contributed by atoms with Gasteiger partial charge in [0.2, 0.25) is 11.8 Å². The Hall–Kier alpha value is -2.69. The first-order chi connectivity index (χ1) is 26.5. The van der Waals surface area contributed by atoms with Crippen molar-refractivity contribution in [2.75, 3.05) is 26.3 Å². The van der Waals surface area contributed by atoms with Crippen LogP contribution < -0.4 is 10.6 Å². The third kappa shape index (κ3) is 13.7. The molecule has 13 heteroatoms. The lowest BCUT2D eigenvalue weighted by Gasteiger charge is -2.17. The molecule has 292 valence electrons. The molecule has 0 saturated heterocycles. The number of rotatable bonds is 20. The summed E-state index contributed by atoms with van der Waals surface area (Å²) in [5, 5.41) is 26.2.